The van der Waals surface area contributed by atoms with Gasteiger partial charge in [0.1, 0.15) is 17.5 Å². The maximum Gasteiger partial charge on any atom is 0.222 e. The Morgan fingerprint density at radius 3 is 2.87 bits per heavy atom. The summed E-state index contributed by atoms with van der Waals surface area (Å²) in [5, 5.41) is 3.21. The zero-order valence-electron chi connectivity index (χ0n) is 16.5. The Hall–Kier alpha value is -3.35. The number of rotatable bonds is 4. The van der Waals surface area contributed by atoms with E-state index in [-0.39, 0.29) is 23.7 Å². The highest BCUT2D eigenvalue weighted by molar-refractivity contribution is 5.79. The molecule has 2 saturated heterocycles. The number of nitrogens with one attached hydrogen (secondary N) is 1. The quantitative estimate of drug-likeness (QED) is 0.704. The SMILES string of the molecule is O=C1CCC2C(c3nc(Nc4cccc(F)c4)cc(-c4cccnc4)n3)CCCN12. The number of benzene rings is 1. The van der Waals surface area contributed by atoms with E-state index in [0.717, 1.165) is 42.9 Å². The lowest BCUT2D eigenvalue weighted by Crippen LogP contribution is -2.42. The van der Waals surface area contributed by atoms with Gasteiger partial charge in [-0.1, -0.05) is 6.07 Å². The zero-order chi connectivity index (χ0) is 20.5. The molecule has 2 fully saturated rings. The first-order valence-electron chi connectivity index (χ1n) is 10.3. The molecule has 2 aromatic heterocycles. The van der Waals surface area contributed by atoms with Crippen molar-refractivity contribution in [3.63, 3.8) is 0 Å². The summed E-state index contributed by atoms with van der Waals surface area (Å²) < 4.78 is 13.6. The number of nitrogens with zero attached hydrogens (tertiary/aromatic N) is 4. The third-order valence-corrected chi connectivity index (χ3v) is 5.88. The molecule has 4 heterocycles. The number of fused-ring (bicyclic) bond motifs is 1. The largest absolute Gasteiger partial charge is 0.340 e. The van der Waals surface area contributed by atoms with Crippen molar-refractivity contribution in [3.05, 3.63) is 66.5 Å². The van der Waals surface area contributed by atoms with Crippen molar-refractivity contribution in [3.8, 4) is 11.3 Å². The Balaban J connectivity index is 1.55. The molecule has 3 aromatic rings. The fraction of sp³-hybridized carbons (Fsp3) is 0.304. The van der Waals surface area contributed by atoms with Gasteiger partial charge in [0.05, 0.1) is 5.69 Å². The summed E-state index contributed by atoms with van der Waals surface area (Å²) in [6.45, 7) is 0.816. The van der Waals surface area contributed by atoms with Crippen LogP contribution in [0, 0.1) is 5.82 Å². The number of anilines is 2. The maximum absolute atomic E-state index is 13.6. The molecule has 152 valence electrons. The summed E-state index contributed by atoms with van der Waals surface area (Å²) >= 11 is 0. The highest BCUT2D eigenvalue weighted by atomic mass is 19.1. The van der Waals surface area contributed by atoms with Gasteiger partial charge >= 0.3 is 0 Å². The molecule has 0 bridgehead atoms. The number of carbonyl (C=O) groups excluding carboxylic acids is 1. The molecule has 2 atom stereocenters. The van der Waals surface area contributed by atoms with E-state index < -0.39 is 0 Å². The normalized spacial score (nSPS) is 20.8. The fourth-order valence-electron chi connectivity index (χ4n) is 4.51. The number of hydrogen-bond acceptors (Lipinski definition) is 5. The van der Waals surface area contributed by atoms with E-state index in [4.69, 9.17) is 9.97 Å². The number of carbonyl (C=O) groups is 1. The van der Waals surface area contributed by atoms with E-state index in [9.17, 15) is 9.18 Å². The second-order valence-corrected chi connectivity index (χ2v) is 7.82. The lowest BCUT2D eigenvalue weighted by atomic mass is 9.88. The van der Waals surface area contributed by atoms with Crippen LogP contribution in [0.3, 0.4) is 0 Å². The molecule has 0 spiro atoms. The minimum absolute atomic E-state index is 0.0925. The molecule has 6 nitrogen and oxygen atoms in total. The first-order chi connectivity index (χ1) is 14.7. The Morgan fingerprint density at radius 2 is 2.03 bits per heavy atom. The van der Waals surface area contributed by atoms with Crippen molar-refractivity contribution >= 4 is 17.4 Å². The number of piperidine rings is 1. The van der Waals surface area contributed by atoms with Gasteiger partial charge < -0.3 is 10.2 Å². The van der Waals surface area contributed by atoms with E-state index in [1.165, 1.54) is 12.1 Å². The molecule has 2 aliphatic heterocycles. The number of pyridine rings is 1. The minimum atomic E-state index is -0.311. The van der Waals surface area contributed by atoms with Gasteiger partial charge in [-0.05, 0) is 49.6 Å². The van der Waals surface area contributed by atoms with Gasteiger partial charge in [-0.15, -0.1) is 0 Å². The highest BCUT2D eigenvalue weighted by Gasteiger charge is 2.41. The van der Waals surface area contributed by atoms with Gasteiger partial charge in [0, 0.05) is 54.6 Å². The standard InChI is InChI=1S/C23H22FN5O/c24-16-5-1-6-17(12-16)26-21-13-19(15-4-2-10-25-14-15)27-23(28-21)18-7-3-11-29-20(18)8-9-22(29)30/h1-2,4-6,10,12-14,18,20H,3,7-9,11H2,(H,26,27,28). The molecule has 1 N–H and O–H groups in total. The zero-order valence-corrected chi connectivity index (χ0v) is 16.5. The van der Waals surface area contributed by atoms with Crippen LogP contribution in [0.25, 0.3) is 11.3 Å². The van der Waals surface area contributed by atoms with Crippen LogP contribution in [0.15, 0.2) is 54.9 Å². The molecule has 1 amide bonds. The van der Waals surface area contributed by atoms with Crippen LogP contribution in [-0.2, 0) is 4.79 Å². The molecular formula is C23H22FN5O. The van der Waals surface area contributed by atoms with Crippen molar-refractivity contribution in [2.45, 2.75) is 37.6 Å². The van der Waals surface area contributed by atoms with Crippen LogP contribution >= 0.6 is 0 Å². The van der Waals surface area contributed by atoms with Crippen LogP contribution in [0.1, 0.15) is 37.4 Å². The molecule has 2 aliphatic rings. The lowest BCUT2D eigenvalue weighted by Gasteiger charge is -2.36. The van der Waals surface area contributed by atoms with Crippen LogP contribution in [-0.4, -0.2) is 38.3 Å². The highest BCUT2D eigenvalue weighted by Crippen LogP contribution is 2.38. The topological polar surface area (TPSA) is 71.0 Å². The predicted molar refractivity (Wildman–Crippen MR) is 112 cm³/mol. The van der Waals surface area contributed by atoms with Crippen molar-refractivity contribution in [1.29, 1.82) is 0 Å². The molecule has 0 saturated carbocycles. The Kier molecular flexibility index (Phi) is 4.86. The number of aromatic nitrogens is 3. The van der Waals surface area contributed by atoms with E-state index in [2.05, 4.69) is 10.3 Å². The number of hydrogen-bond donors (Lipinski definition) is 1. The summed E-state index contributed by atoms with van der Waals surface area (Å²) in [5.41, 5.74) is 2.27. The van der Waals surface area contributed by atoms with Gasteiger partial charge in [0.25, 0.3) is 0 Å². The van der Waals surface area contributed by atoms with E-state index >= 15 is 0 Å². The monoisotopic (exact) mass is 403 g/mol. The second-order valence-electron chi connectivity index (χ2n) is 7.82. The summed E-state index contributed by atoms with van der Waals surface area (Å²) in [7, 11) is 0. The van der Waals surface area contributed by atoms with Crippen LogP contribution in [0.5, 0.6) is 0 Å². The predicted octanol–water partition coefficient (Wildman–Crippen LogP) is 4.29. The lowest BCUT2D eigenvalue weighted by molar-refractivity contribution is -0.130. The van der Waals surface area contributed by atoms with Gasteiger partial charge in [-0.25, -0.2) is 14.4 Å². The summed E-state index contributed by atoms with van der Waals surface area (Å²) in [6.07, 6.45) is 6.82. The molecule has 30 heavy (non-hydrogen) atoms. The Morgan fingerprint density at radius 1 is 1.10 bits per heavy atom. The molecule has 5 rings (SSSR count). The van der Waals surface area contributed by atoms with Crippen molar-refractivity contribution < 1.29 is 9.18 Å². The third kappa shape index (κ3) is 3.63. The number of halogens is 1. The van der Waals surface area contributed by atoms with Crippen molar-refractivity contribution in [2.75, 3.05) is 11.9 Å². The average molecular weight is 403 g/mol. The molecule has 0 aliphatic carbocycles. The Bertz CT molecular complexity index is 1070. The van der Waals surface area contributed by atoms with E-state index in [1.54, 1.807) is 24.5 Å². The van der Waals surface area contributed by atoms with Crippen LogP contribution in [0.2, 0.25) is 0 Å². The van der Waals surface area contributed by atoms with E-state index in [1.807, 2.05) is 23.1 Å². The summed E-state index contributed by atoms with van der Waals surface area (Å²) in [6, 6.07) is 12.1. The van der Waals surface area contributed by atoms with Crippen molar-refractivity contribution in [1.82, 2.24) is 19.9 Å². The fourth-order valence-corrected chi connectivity index (χ4v) is 4.51. The summed E-state index contributed by atoms with van der Waals surface area (Å²) in [4.78, 5) is 28.1. The van der Waals surface area contributed by atoms with Gasteiger partial charge in [-0.2, -0.15) is 0 Å². The smallest absolute Gasteiger partial charge is 0.222 e. The van der Waals surface area contributed by atoms with Crippen LogP contribution in [0.4, 0.5) is 15.9 Å². The van der Waals surface area contributed by atoms with E-state index in [0.29, 0.717) is 17.9 Å². The maximum atomic E-state index is 13.6. The van der Waals surface area contributed by atoms with Crippen molar-refractivity contribution in [2.24, 2.45) is 0 Å². The van der Waals surface area contributed by atoms with Gasteiger partial charge in [0.2, 0.25) is 5.91 Å². The third-order valence-electron chi connectivity index (χ3n) is 5.88. The number of amides is 1. The molecule has 0 radical (unpaired) electrons. The van der Waals surface area contributed by atoms with Gasteiger partial charge in [0.15, 0.2) is 0 Å². The molecule has 1 aromatic carbocycles. The van der Waals surface area contributed by atoms with Gasteiger partial charge in [-0.3, -0.25) is 9.78 Å². The Labute approximate surface area is 174 Å². The first kappa shape index (κ1) is 18.7. The first-order valence-corrected chi connectivity index (χ1v) is 10.3. The second kappa shape index (κ2) is 7.82. The minimum Gasteiger partial charge on any atom is -0.340 e. The molecule has 2 unspecified atom stereocenters. The average Bonchev–Trinajstić information content (AvgIpc) is 3.15. The molecule has 7 heteroatoms. The molecular weight excluding hydrogens is 381 g/mol. The van der Waals surface area contributed by atoms with Crippen LogP contribution < -0.4 is 5.32 Å². The summed E-state index contributed by atoms with van der Waals surface area (Å²) in [5.74, 6) is 1.33.